The fourth-order valence-electron chi connectivity index (χ4n) is 2.67. The van der Waals surface area contributed by atoms with Crippen LogP contribution in [0.3, 0.4) is 0 Å². The average molecular weight is 302 g/mol. The molecule has 3 heteroatoms. The van der Waals surface area contributed by atoms with Crippen LogP contribution in [0.5, 0.6) is 5.75 Å². The summed E-state index contributed by atoms with van der Waals surface area (Å²) >= 11 is 0. The molecule has 3 rings (SSSR count). The second-order valence-electron chi connectivity index (χ2n) is 5.01. The van der Waals surface area contributed by atoms with Gasteiger partial charge in [0.1, 0.15) is 17.9 Å². The highest BCUT2D eigenvalue weighted by Crippen LogP contribution is 2.38. The van der Waals surface area contributed by atoms with Crippen molar-refractivity contribution in [2.24, 2.45) is 0 Å². The zero-order valence-corrected chi connectivity index (χ0v) is 12.3. The third-order valence-electron chi connectivity index (χ3n) is 3.60. The van der Waals surface area contributed by atoms with Gasteiger partial charge in [-0.2, -0.15) is 0 Å². The Morgan fingerprint density at radius 2 is 1.78 bits per heavy atom. The fourth-order valence-corrected chi connectivity index (χ4v) is 2.67. The minimum Gasteiger partial charge on any atom is -0.480 e. The molecule has 3 nitrogen and oxygen atoms in total. The Morgan fingerprint density at radius 1 is 1.09 bits per heavy atom. The molecule has 0 amide bonds. The van der Waals surface area contributed by atoms with Gasteiger partial charge in [0, 0.05) is 5.56 Å². The maximum Gasteiger partial charge on any atom is 0.340 e. The predicted molar refractivity (Wildman–Crippen MR) is 90.7 cm³/mol. The number of carbonyl (C=O) groups is 1. The lowest BCUT2D eigenvalue weighted by Crippen LogP contribution is -2.06. The van der Waals surface area contributed by atoms with Gasteiger partial charge in [-0.15, -0.1) is 6.42 Å². The quantitative estimate of drug-likeness (QED) is 0.734. The summed E-state index contributed by atoms with van der Waals surface area (Å²) in [6.45, 7) is 0.0207. The summed E-state index contributed by atoms with van der Waals surface area (Å²) in [7, 11) is 0. The molecular formula is C20H14O3. The van der Waals surface area contributed by atoms with E-state index in [1.165, 1.54) is 0 Å². The molecule has 0 aliphatic carbocycles. The highest BCUT2D eigenvalue weighted by Gasteiger charge is 2.21. The second-order valence-corrected chi connectivity index (χ2v) is 5.01. The van der Waals surface area contributed by atoms with E-state index in [2.05, 4.69) is 5.92 Å². The third kappa shape index (κ3) is 2.75. The first-order valence-corrected chi connectivity index (χ1v) is 7.13. The van der Waals surface area contributed by atoms with Crippen LogP contribution in [0.1, 0.15) is 10.4 Å². The summed E-state index contributed by atoms with van der Waals surface area (Å²) < 4.78 is 5.50. The Balaban J connectivity index is 2.40. The Kier molecular flexibility index (Phi) is 3.99. The molecule has 0 saturated carbocycles. The zero-order valence-electron chi connectivity index (χ0n) is 12.3. The standard InChI is InChI=1S/C20H14O3/c1-2-12-23-17-13-15-10-6-7-11-16(15)18(19(17)20(21)22)14-8-4-3-5-9-14/h1,3-11,13H,12H2,(H,21,22). The molecule has 112 valence electrons. The van der Waals surface area contributed by atoms with Crippen molar-refractivity contribution in [3.05, 3.63) is 66.2 Å². The Labute approximate surface area is 134 Å². The molecule has 0 unspecified atom stereocenters. The lowest BCUT2D eigenvalue weighted by molar-refractivity contribution is 0.0694. The van der Waals surface area contributed by atoms with E-state index in [9.17, 15) is 9.90 Å². The van der Waals surface area contributed by atoms with Crippen molar-refractivity contribution in [3.8, 4) is 29.2 Å². The molecular weight excluding hydrogens is 288 g/mol. The number of hydrogen-bond donors (Lipinski definition) is 1. The molecule has 0 saturated heterocycles. The monoisotopic (exact) mass is 302 g/mol. The van der Waals surface area contributed by atoms with Crippen LogP contribution in [0.25, 0.3) is 21.9 Å². The maximum atomic E-state index is 11.9. The summed E-state index contributed by atoms with van der Waals surface area (Å²) in [4.78, 5) is 11.9. The van der Waals surface area contributed by atoms with Crippen molar-refractivity contribution in [2.75, 3.05) is 6.61 Å². The van der Waals surface area contributed by atoms with Gasteiger partial charge in [0.15, 0.2) is 0 Å². The van der Waals surface area contributed by atoms with Gasteiger partial charge in [0.05, 0.1) is 0 Å². The molecule has 0 heterocycles. The summed E-state index contributed by atoms with van der Waals surface area (Å²) in [5.74, 6) is 1.62. The van der Waals surface area contributed by atoms with E-state index in [0.717, 1.165) is 16.3 Å². The van der Waals surface area contributed by atoms with Crippen LogP contribution in [0, 0.1) is 12.3 Å². The van der Waals surface area contributed by atoms with Crippen molar-refractivity contribution < 1.29 is 14.6 Å². The van der Waals surface area contributed by atoms with Gasteiger partial charge in [-0.1, -0.05) is 60.5 Å². The third-order valence-corrected chi connectivity index (χ3v) is 3.60. The van der Waals surface area contributed by atoms with Crippen molar-refractivity contribution in [1.29, 1.82) is 0 Å². The number of terminal acetylenes is 1. The van der Waals surface area contributed by atoms with E-state index in [1.54, 1.807) is 6.07 Å². The number of carboxylic acid groups (broad SMARTS) is 1. The molecule has 0 radical (unpaired) electrons. The minimum atomic E-state index is -1.04. The van der Waals surface area contributed by atoms with Gasteiger partial charge < -0.3 is 9.84 Å². The molecule has 0 spiro atoms. The molecule has 0 bridgehead atoms. The summed E-state index contributed by atoms with van der Waals surface area (Å²) in [5, 5.41) is 11.5. The van der Waals surface area contributed by atoms with Crippen molar-refractivity contribution in [1.82, 2.24) is 0 Å². The van der Waals surface area contributed by atoms with E-state index >= 15 is 0 Å². The van der Waals surface area contributed by atoms with E-state index in [-0.39, 0.29) is 17.9 Å². The second kappa shape index (κ2) is 6.25. The van der Waals surface area contributed by atoms with E-state index in [4.69, 9.17) is 11.2 Å². The topological polar surface area (TPSA) is 46.5 Å². The predicted octanol–water partition coefficient (Wildman–Crippen LogP) is 4.22. The molecule has 0 aromatic heterocycles. The van der Waals surface area contributed by atoms with E-state index < -0.39 is 5.97 Å². The normalized spacial score (nSPS) is 10.2. The summed E-state index contributed by atoms with van der Waals surface area (Å²) in [6.07, 6.45) is 5.24. The number of carboxylic acids is 1. The number of rotatable bonds is 4. The molecule has 3 aromatic rings. The molecule has 3 aromatic carbocycles. The first-order chi connectivity index (χ1) is 11.2. The van der Waals surface area contributed by atoms with Gasteiger partial charge in [0.2, 0.25) is 0 Å². The lowest BCUT2D eigenvalue weighted by Gasteiger charge is -2.15. The van der Waals surface area contributed by atoms with Crippen LogP contribution in [0.15, 0.2) is 60.7 Å². The molecule has 23 heavy (non-hydrogen) atoms. The average Bonchev–Trinajstić information content (AvgIpc) is 2.59. The molecule has 1 N–H and O–H groups in total. The van der Waals surface area contributed by atoms with Gasteiger partial charge in [0.25, 0.3) is 0 Å². The van der Waals surface area contributed by atoms with Crippen molar-refractivity contribution in [3.63, 3.8) is 0 Å². The number of aromatic carboxylic acids is 1. The minimum absolute atomic E-state index is 0.0207. The molecule has 0 atom stereocenters. The largest absolute Gasteiger partial charge is 0.480 e. The zero-order chi connectivity index (χ0) is 16.2. The highest BCUT2D eigenvalue weighted by molar-refractivity contribution is 6.10. The molecule has 0 fully saturated rings. The van der Waals surface area contributed by atoms with Gasteiger partial charge in [-0.3, -0.25) is 0 Å². The van der Waals surface area contributed by atoms with Crippen LogP contribution < -0.4 is 4.74 Å². The number of fused-ring (bicyclic) bond motifs is 1. The van der Waals surface area contributed by atoms with Crippen LogP contribution in [0.2, 0.25) is 0 Å². The number of benzene rings is 3. The first kappa shape index (κ1) is 14.7. The lowest BCUT2D eigenvalue weighted by atomic mass is 9.92. The van der Waals surface area contributed by atoms with Crippen molar-refractivity contribution >= 4 is 16.7 Å². The maximum absolute atomic E-state index is 11.9. The first-order valence-electron chi connectivity index (χ1n) is 7.13. The molecule has 0 aliphatic rings. The SMILES string of the molecule is C#CCOc1cc2ccccc2c(-c2ccccc2)c1C(=O)O. The number of hydrogen-bond acceptors (Lipinski definition) is 2. The number of ether oxygens (including phenoxy) is 1. The Hall–Kier alpha value is -3.25. The van der Waals surface area contributed by atoms with Gasteiger partial charge >= 0.3 is 5.97 Å². The Morgan fingerprint density at radius 3 is 2.48 bits per heavy atom. The smallest absolute Gasteiger partial charge is 0.340 e. The highest BCUT2D eigenvalue weighted by atomic mass is 16.5. The van der Waals surface area contributed by atoms with Crippen LogP contribution >= 0.6 is 0 Å². The summed E-state index contributed by atoms with van der Waals surface area (Å²) in [5.41, 5.74) is 1.60. The van der Waals surface area contributed by atoms with E-state index in [1.807, 2.05) is 54.6 Å². The van der Waals surface area contributed by atoms with Crippen LogP contribution in [-0.2, 0) is 0 Å². The van der Waals surface area contributed by atoms with Crippen LogP contribution in [-0.4, -0.2) is 17.7 Å². The van der Waals surface area contributed by atoms with E-state index in [0.29, 0.717) is 5.56 Å². The summed E-state index contributed by atoms with van der Waals surface area (Å²) in [6, 6.07) is 18.8. The van der Waals surface area contributed by atoms with Crippen LogP contribution in [0.4, 0.5) is 0 Å². The Bertz CT molecular complexity index is 905. The molecule has 0 aliphatic heterocycles. The van der Waals surface area contributed by atoms with Gasteiger partial charge in [-0.25, -0.2) is 4.79 Å². The van der Waals surface area contributed by atoms with Gasteiger partial charge in [-0.05, 0) is 22.4 Å². The fraction of sp³-hybridized carbons (Fsp3) is 0.0500. The van der Waals surface area contributed by atoms with Crippen molar-refractivity contribution in [2.45, 2.75) is 0 Å².